The largest absolute Gasteiger partial charge is 0.475 e. The number of carbonyl (C=O) groups is 1. The molecule has 3 aliphatic heterocycles. The van der Waals surface area contributed by atoms with Crippen LogP contribution < -0.4 is 25.8 Å². The molecule has 232 valence electrons. The first kappa shape index (κ1) is 28.8. The van der Waals surface area contributed by atoms with Crippen molar-refractivity contribution in [1.29, 1.82) is 0 Å². The Hall–Kier alpha value is -3.95. The van der Waals surface area contributed by atoms with Gasteiger partial charge in [-0.3, -0.25) is 9.69 Å². The van der Waals surface area contributed by atoms with Crippen molar-refractivity contribution in [3.63, 3.8) is 0 Å². The van der Waals surface area contributed by atoms with Crippen LogP contribution in [0.4, 0.5) is 24.0 Å². The van der Waals surface area contributed by atoms with Gasteiger partial charge in [0.2, 0.25) is 5.88 Å². The van der Waals surface area contributed by atoms with Gasteiger partial charge < -0.3 is 30.9 Å². The van der Waals surface area contributed by atoms with Gasteiger partial charge >= 0.3 is 6.01 Å². The van der Waals surface area contributed by atoms with Crippen LogP contribution in [0.5, 0.6) is 11.9 Å². The summed E-state index contributed by atoms with van der Waals surface area (Å²) in [5.41, 5.74) is 10.7. The highest BCUT2D eigenvalue weighted by molar-refractivity contribution is 7.23. The molecule has 3 aromatic heterocycles. The number of aliphatic hydroxyl groups is 1. The van der Waals surface area contributed by atoms with Crippen molar-refractivity contribution in [2.24, 2.45) is 5.73 Å². The first-order valence-electron chi connectivity index (χ1n) is 14.3. The number of rotatable bonds is 7. The Kier molecular flexibility index (Phi) is 6.93. The van der Waals surface area contributed by atoms with E-state index in [0.29, 0.717) is 19.4 Å². The van der Waals surface area contributed by atoms with E-state index in [1.54, 1.807) is 11.9 Å². The number of halogens is 3. The molecule has 0 unspecified atom stereocenters. The quantitative estimate of drug-likeness (QED) is 0.277. The van der Waals surface area contributed by atoms with E-state index in [9.17, 15) is 18.7 Å². The van der Waals surface area contributed by atoms with Crippen LogP contribution in [0.15, 0.2) is 12.1 Å². The molecule has 2 fully saturated rings. The van der Waals surface area contributed by atoms with Crippen LogP contribution in [0.25, 0.3) is 32.2 Å². The Bertz CT molecular complexity index is 1820. The number of likely N-dealkylation sites (N-methyl/N-ethyl adjacent to an activating group) is 1. The number of primary amides is 1. The SMILES string of the molecule is CN1c2nc(OC[C@@]34CCCN3C[C@H](F)C4)nc3c(F)c(-c4ccc(F)c5sc(N)c(C(N)=O)c45)nc(c23)OC[C@@H]1CCO. The van der Waals surface area contributed by atoms with Crippen molar-refractivity contribution in [3.05, 3.63) is 29.3 Å². The maximum atomic E-state index is 16.7. The summed E-state index contributed by atoms with van der Waals surface area (Å²) in [5.74, 6) is -2.13. The highest BCUT2D eigenvalue weighted by Crippen LogP contribution is 2.45. The number of carbonyl (C=O) groups excluding carboxylic acids is 1. The molecule has 2 saturated heterocycles. The minimum atomic E-state index is -0.957. The molecule has 3 aliphatic rings. The molecular formula is C29H30F3N7O4S. The monoisotopic (exact) mass is 629 g/mol. The Morgan fingerprint density at radius 3 is 2.86 bits per heavy atom. The van der Waals surface area contributed by atoms with Gasteiger partial charge in [0, 0.05) is 37.6 Å². The summed E-state index contributed by atoms with van der Waals surface area (Å²) in [5, 5.41) is 9.93. The zero-order valence-corrected chi connectivity index (χ0v) is 24.6. The number of aliphatic hydroxyl groups excluding tert-OH is 1. The lowest BCUT2D eigenvalue weighted by Crippen LogP contribution is -2.43. The molecule has 0 spiro atoms. The van der Waals surface area contributed by atoms with Crippen LogP contribution in [0, 0.1) is 11.6 Å². The number of amides is 1. The van der Waals surface area contributed by atoms with Crippen molar-refractivity contribution >= 4 is 49.1 Å². The number of nitrogen functional groups attached to an aromatic ring is 1. The summed E-state index contributed by atoms with van der Waals surface area (Å²) in [4.78, 5) is 29.8. The number of thiophene rings is 1. The van der Waals surface area contributed by atoms with Gasteiger partial charge in [0.25, 0.3) is 5.91 Å². The van der Waals surface area contributed by atoms with E-state index in [2.05, 4.69) is 19.9 Å². The van der Waals surface area contributed by atoms with E-state index in [0.717, 1.165) is 36.8 Å². The zero-order chi connectivity index (χ0) is 30.9. The summed E-state index contributed by atoms with van der Waals surface area (Å²) in [6, 6.07) is 1.97. The lowest BCUT2D eigenvalue weighted by Gasteiger charge is -2.31. The Balaban J connectivity index is 1.42. The first-order chi connectivity index (χ1) is 21.1. The maximum absolute atomic E-state index is 16.7. The molecule has 15 heteroatoms. The van der Waals surface area contributed by atoms with Gasteiger partial charge in [-0.25, -0.2) is 18.2 Å². The number of nitrogens with two attached hydrogens (primary N) is 2. The minimum absolute atomic E-state index is 0.00836. The van der Waals surface area contributed by atoms with Gasteiger partial charge in [0.05, 0.1) is 26.8 Å². The van der Waals surface area contributed by atoms with Crippen LogP contribution in [0.3, 0.4) is 0 Å². The van der Waals surface area contributed by atoms with Gasteiger partial charge in [0.15, 0.2) is 5.82 Å². The number of anilines is 2. The number of alkyl halides is 1. The second-order valence-electron chi connectivity index (χ2n) is 11.6. The van der Waals surface area contributed by atoms with Crippen LogP contribution in [0.1, 0.15) is 36.0 Å². The van der Waals surface area contributed by atoms with Gasteiger partial charge in [-0.15, -0.1) is 11.3 Å². The van der Waals surface area contributed by atoms with Crippen molar-refractivity contribution < 1.29 is 32.5 Å². The minimum Gasteiger partial charge on any atom is -0.475 e. The van der Waals surface area contributed by atoms with Crippen molar-refractivity contribution in [3.8, 4) is 23.1 Å². The van der Waals surface area contributed by atoms with E-state index >= 15 is 4.39 Å². The number of hydrogen-bond acceptors (Lipinski definition) is 11. The average molecular weight is 630 g/mol. The smallest absolute Gasteiger partial charge is 0.319 e. The predicted molar refractivity (Wildman–Crippen MR) is 159 cm³/mol. The van der Waals surface area contributed by atoms with Crippen LogP contribution in [-0.2, 0) is 0 Å². The van der Waals surface area contributed by atoms with Crippen LogP contribution in [-0.4, -0.2) is 88.6 Å². The Labute approximate surface area is 253 Å². The fraction of sp³-hybridized carbons (Fsp3) is 0.448. The van der Waals surface area contributed by atoms with Crippen LogP contribution >= 0.6 is 11.3 Å². The van der Waals surface area contributed by atoms with Crippen molar-refractivity contribution in [1.82, 2.24) is 19.9 Å². The maximum Gasteiger partial charge on any atom is 0.319 e. The van der Waals surface area contributed by atoms with E-state index in [-0.39, 0.29) is 86.4 Å². The fourth-order valence-electron chi connectivity index (χ4n) is 6.87. The van der Waals surface area contributed by atoms with Crippen molar-refractivity contribution in [2.45, 2.75) is 43.4 Å². The number of fused-ring (bicyclic) bond motifs is 2. The summed E-state index contributed by atoms with van der Waals surface area (Å²) < 4.78 is 58.2. The van der Waals surface area contributed by atoms with E-state index in [1.807, 2.05) is 0 Å². The molecule has 0 bridgehead atoms. The molecular weight excluding hydrogens is 599 g/mol. The summed E-state index contributed by atoms with van der Waals surface area (Å²) >= 11 is 0.827. The number of benzene rings is 1. The number of ether oxygens (including phenoxy) is 2. The predicted octanol–water partition coefficient (Wildman–Crippen LogP) is 3.40. The number of aromatic nitrogens is 3. The van der Waals surface area contributed by atoms with Gasteiger partial charge in [-0.05, 0) is 37.9 Å². The summed E-state index contributed by atoms with van der Waals surface area (Å²) in [7, 11) is 1.75. The van der Waals surface area contributed by atoms with Gasteiger partial charge in [-0.1, -0.05) is 0 Å². The molecule has 0 saturated carbocycles. The first-order valence-corrected chi connectivity index (χ1v) is 15.1. The van der Waals surface area contributed by atoms with Gasteiger partial charge in [0.1, 0.15) is 47.6 Å². The normalized spacial score (nSPS) is 23.2. The van der Waals surface area contributed by atoms with E-state index < -0.39 is 29.3 Å². The lowest BCUT2D eigenvalue weighted by atomic mass is 9.95. The van der Waals surface area contributed by atoms with Crippen molar-refractivity contribution in [2.75, 3.05) is 50.6 Å². The second kappa shape index (κ2) is 10.6. The molecule has 4 aromatic rings. The third kappa shape index (κ3) is 4.39. The molecule has 1 amide bonds. The molecule has 6 heterocycles. The molecule has 1 aromatic carbocycles. The zero-order valence-electron chi connectivity index (χ0n) is 23.8. The Morgan fingerprint density at radius 1 is 1.27 bits per heavy atom. The molecule has 44 heavy (non-hydrogen) atoms. The number of hydrogen-bond donors (Lipinski definition) is 3. The third-order valence-corrected chi connectivity index (χ3v) is 10.0. The summed E-state index contributed by atoms with van der Waals surface area (Å²) in [6.07, 6.45) is 1.38. The summed E-state index contributed by atoms with van der Waals surface area (Å²) in [6.45, 7) is 1.19. The standard InChI is InChI=1S/C29H30F3N7O4S/c1-38-14(5-8-40)11-42-27-19-22(36-28(37-26(19)38)43-12-29-6-2-7-39(29)10-13(30)9-29)20(32)21(35-27)15-3-4-16(31)23-17(15)18(24(33)41)25(34)44-23/h3-4,13-14,40H,2,5-12,34H2,1H3,(H2,33,41)/t13-,14+,29+/m1/s1. The molecule has 5 N–H and O–H groups in total. The molecule has 3 atom stereocenters. The van der Waals surface area contributed by atoms with Crippen LogP contribution in [0.2, 0.25) is 0 Å². The number of nitrogens with zero attached hydrogens (tertiary/aromatic N) is 5. The van der Waals surface area contributed by atoms with E-state index in [1.165, 1.54) is 6.07 Å². The Morgan fingerprint density at radius 2 is 2.09 bits per heavy atom. The topological polar surface area (TPSA) is 153 Å². The van der Waals surface area contributed by atoms with E-state index in [4.69, 9.17) is 20.9 Å². The molecule has 7 rings (SSSR count). The molecule has 0 radical (unpaired) electrons. The lowest BCUT2D eigenvalue weighted by molar-refractivity contribution is 0.100. The van der Waals surface area contributed by atoms with Gasteiger partial charge in [-0.2, -0.15) is 9.97 Å². The third-order valence-electron chi connectivity index (χ3n) is 9.02. The fourth-order valence-corrected chi connectivity index (χ4v) is 7.88. The highest BCUT2D eigenvalue weighted by Gasteiger charge is 2.49. The second-order valence-corrected chi connectivity index (χ2v) is 12.6. The average Bonchev–Trinajstić information content (AvgIpc) is 3.61. The highest BCUT2D eigenvalue weighted by atomic mass is 32.1. The molecule has 0 aliphatic carbocycles. The molecule has 11 nitrogen and oxygen atoms in total. The number of pyridine rings is 1.